The van der Waals surface area contributed by atoms with Crippen LogP contribution < -0.4 is 5.32 Å². The van der Waals surface area contributed by atoms with Gasteiger partial charge in [-0.05, 0) is 0 Å². The third-order valence-electron chi connectivity index (χ3n) is 4.06. The Bertz CT molecular complexity index is 402. The fourth-order valence-electron chi connectivity index (χ4n) is 2.60. The van der Waals surface area contributed by atoms with E-state index in [0.717, 1.165) is 19.3 Å². The number of carbonyl (C=O) groups is 3. The summed E-state index contributed by atoms with van der Waals surface area (Å²) in [7, 11) is 0. The van der Waals surface area contributed by atoms with Gasteiger partial charge < -0.3 is 0 Å². The Kier molecular flexibility index (Phi) is 12.1. The summed E-state index contributed by atoms with van der Waals surface area (Å²) >= 11 is -2.08. The Morgan fingerprint density at radius 1 is 1.04 bits per heavy atom. The zero-order valence-electron chi connectivity index (χ0n) is 14.6. The molecular formula is C17H29NO5Pb. The van der Waals surface area contributed by atoms with E-state index < -0.39 is 37.2 Å². The topological polar surface area (TPSA) is 81.7 Å². The molecule has 1 aliphatic heterocycles. The molecule has 6 nitrogen and oxygen atoms in total. The second-order valence-corrected chi connectivity index (χ2v) is 8.45. The molecule has 7 heteroatoms. The average Bonchev–Trinajstić information content (AvgIpc) is 2.55. The van der Waals surface area contributed by atoms with E-state index in [9.17, 15) is 14.4 Å². The summed E-state index contributed by atoms with van der Waals surface area (Å²) in [6, 6.07) is -0.698. The SMILES string of the molecule is CCCCCCCCCCCC(=O)N[C@@H]1CCC(=O)[O][Pb][O]C1=O. The monoisotopic (exact) mass is 535 g/mol. The van der Waals surface area contributed by atoms with Crippen molar-refractivity contribution >= 4 is 43.0 Å². The van der Waals surface area contributed by atoms with Crippen molar-refractivity contribution in [3.63, 3.8) is 0 Å². The van der Waals surface area contributed by atoms with Gasteiger partial charge in [-0.3, -0.25) is 0 Å². The Balaban J connectivity index is 2.08. The van der Waals surface area contributed by atoms with E-state index in [1.807, 2.05) is 0 Å². The van der Waals surface area contributed by atoms with Gasteiger partial charge in [0.05, 0.1) is 0 Å². The van der Waals surface area contributed by atoms with Crippen LogP contribution >= 0.6 is 0 Å². The maximum absolute atomic E-state index is 11.9. The molecule has 136 valence electrons. The van der Waals surface area contributed by atoms with Crippen molar-refractivity contribution in [3.05, 3.63) is 0 Å². The predicted molar refractivity (Wildman–Crippen MR) is 90.9 cm³/mol. The number of carbonyl (C=O) groups excluding carboxylic acids is 3. The quantitative estimate of drug-likeness (QED) is 0.326. The van der Waals surface area contributed by atoms with E-state index in [2.05, 4.69) is 12.2 Å². The van der Waals surface area contributed by atoms with E-state index in [0.29, 0.717) is 6.42 Å². The van der Waals surface area contributed by atoms with Gasteiger partial charge in [-0.25, -0.2) is 0 Å². The molecule has 1 N–H and O–H groups in total. The first-order valence-electron chi connectivity index (χ1n) is 9.08. The van der Waals surface area contributed by atoms with Crippen molar-refractivity contribution < 1.29 is 19.8 Å². The van der Waals surface area contributed by atoms with Gasteiger partial charge in [-0.1, -0.05) is 26.2 Å². The Morgan fingerprint density at radius 2 is 1.67 bits per heavy atom. The van der Waals surface area contributed by atoms with Crippen molar-refractivity contribution in [2.24, 2.45) is 0 Å². The van der Waals surface area contributed by atoms with Crippen LogP contribution in [0.2, 0.25) is 0 Å². The van der Waals surface area contributed by atoms with Crippen LogP contribution in [0.15, 0.2) is 0 Å². The fourth-order valence-corrected chi connectivity index (χ4v) is 4.40. The summed E-state index contributed by atoms with van der Waals surface area (Å²) in [5, 5.41) is 2.69. The number of hydrogen-bond donors (Lipinski definition) is 1. The first-order valence-corrected chi connectivity index (χ1v) is 12.3. The first-order chi connectivity index (χ1) is 11.6. The molecule has 0 aliphatic carbocycles. The van der Waals surface area contributed by atoms with Gasteiger partial charge in [0.15, 0.2) is 0 Å². The Hall–Kier alpha value is -0.668. The van der Waals surface area contributed by atoms with Gasteiger partial charge in [-0.2, -0.15) is 0 Å². The Morgan fingerprint density at radius 3 is 2.33 bits per heavy atom. The van der Waals surface area contributed by atoms with Gasteiger partial charge in [0.1, 0.15) is 0 Å². The number of amides is 1. The van der Waals surface area contributed by atoms with Crippen molar-refractivity contribution in [1.29, 1.82) is 0 Å². The summed E-state index contributed by atoms with van der Waals surface area (Å²) in [5.74, 6) is -0.919. The zero-order chi connectivity index (χ0) is 17.6. The molecule has 24 heavy (non-hydrogen) atoms. The van der Waals surface area contributed by atoms with E-state index in [-0.39, 0.29) is 24.7 Å². The van der Waals surface area contributed by atoms with Gasteiger partial charge in [-0.15, -0.1) is 0 Å². The number of rotatable bonds is 11. The van der Waals surface area contributed by atoms with Crippen molar-refractivity contribution in [3.8, 4) is 0 Å². The minimum absolute atomic E-state index is 0.137. The maximum atomic E-state index is 11.9. The van der Waals surface area contributed by atoms with Crippen LogP contribution in [0.1, 0.15) is 84.0 Å². The van der Waals surface area contributed by atoms with Crippen LogP contribution in [0.4, 0.5) is 0 Å². The summed E-state index contributed by atoms with van der Waals surface area (Å²) in [6.07, 6.45) is 11.6. The summed E-state index contributed by atoms with van der Waals surface area (Å²) in [6.45, 7) is 2.22. The molecule has 0 spiro atoms. The molecule has 1 saturated heterocycles. The third-order valence-corrected chi connectivity index (χ3v) is 6.38. The molecule has 1 atom stereocenters. The molecular weight excluding hydrogens is 505 g/mol. The predicted octanol–water partition coefficient (Wildman–Crippen LogP) is 2.81. The van der Waals surface area contributed by atoms with Crippen LogP contribution in [-0.4, -0.2) is 49.0 Å². The molecule has 0 bridgehead atoms. The third kappa shape index (κ3) is 10.2. The van der Waals surface area contributed by atoms with E-state index in [1.54, 1.807) is 0 Å². The first kappa shape index (κ1) is 21.4. The van der Waals surface area contributed by atoms with E-state index >= 15 is 0 Å². The minimum atomic E-state index is -2.08. The van der Waals surface area contributed by atoms with Crippen molar-refractivity contribution in [2.45, 2.75) is 90.0 Å². The number of nitrogens with one attached hydrogen (secondary N) is 1. The molecule has 0 aromatic rings. The molecule has 0 unspecified atom stereocenters. The molecule has 0 aromatic heterocycles. The normalized spacial score (nSPS) is 18.3. The summed E-state index contributed by atoms with van der Waals surface area (Å²) in [4.78, 5) is 34.9. The molecule has 1 heterocycles. The van der Waals surface area contributed by atoms with Crippen LogP contribution in [0.5, 0.6) is 0 Å². The molecule has 1 amide bonds. The van der Waals surface area contributed by atoms with E-state index in [1.165, 1.54) is 38.5 Å². The van der Waals surface area contributed by atoms with Crippen molar-refractivity contribution in [1.82, 2.24) is 5.32 Å². The van der Waals surface area contributed by atoms with Crippen LogP contribution in [0.3, 0.4) is 0 Å². The summed E-state index contributed by atoms with van der Waals surface area (Å²) in [5.41, 5.74) is 0. The average molecular weight is 535 g/mol. The van der Waals surface area contributed by atoms with Gasteiger partial charge in [0.25, 0.3) is 0 Å². The van der Waals surface area contributed by atoms with Crippen LogP contribution in [0.25, 0.3) is 0 Å². The standard InChI is InChI=1S/C17H31NO5.Pb/c1-2-3-4-5-6-7-8-9-10-11-15(19)18-14(17(22)23)12-13-16(20)21;/h14H,2-13H2,1H3,(H,18,19)(H,20,21)(H,22,23);/q;+2/p-2/t14-;/m1./s1. The Labute approximate surface area is 157 Å². The molecule has 1 aliphatic rings. The summed E-state index contributed by atoms with van der Waals surface area (Å²) < 4.78 is 9.80. The molecule has 2 radical (unpaired) electrons. The molecule has 1 rings (SSSR count). The second kappa shape index (κ2) is 13.6. The molecule has 0 aromatic carbocycles. The van der Waals surface area contributed by atoms with Gasteiger partial charge >= 0.3 is 132 Å². The number of hydrogen-bond acceptors (Lipinski definition) is 5. The van der Waals surface area contributed by atoms with Crippen LogP contribution in [0, 0.1) is 0 Å². The molecule has 0 saturated carbocycles. The fraction of sp³-hybridized carbons (Fsp3) is 0.824. The van der Waals surface area contributed by atoms with E-state index in [4.69, 9.17) is 5.37 Å². The number of unbranched alkanes of at least 4 members (excludes halogenated alkanes) is 8. The van der Waals surface area contributed by atoms with Gasteiger partial charge in [0.2, 0.25) is 0 Å². The van der Waals surface area contributed by atoms with Gasteiger partial charge in [0, 0.05) is 0 Å². The second-order valence-electron chi connectivity index (χ2n) is 6.22. The molecule has 1 fully saturated rings. The van der Waals surface area contributed by atoms with Crippen LogP contribution in [-0.2, 0) is 19.8 Å². The zero-order valence-corrected chi connectivity index (χ0v) is 18.5. The van der Waals surface area contributed by atoms with Crippen molar-refractivity contribution in [2.75, 3.05) is 0 Å².